The van der Waals surface area contributed by atoms with Gasteiger partial charge in [-0.15, -0.1) is 14.8 Å². The van der Waals surface area contributed by atoms with Crippen molar-refractivity contribution in [1.82, 2.24) is 19.8 Å². The largest absolute Gasteiger partial charge is 0.480 e. The van der Waals surface area contributed by atoms with Crippen molar-refractivity contribution < 1.29 is 9.90 Å². The highest BCUT2D eigenvalue weighted by molar-refractivity contribution is 5.77. The SMILES string of the molecule is Cc1nc2ccc(N[C@H](C(=O)O)C(C)C)nn2n1. The smallest absolute Gasteiger partial charge is 0.326 e. The predicted octanol–water partition coefficient (Wildman–Crippen LogP) is 0.954. The van der Waals surface area contributed by atoms with E-state index in [9.17, 15) is 4.79 Å². The van der Waals surface area contributed by atoms with Crippen molar-refractivity contribution in [3.63, 3.8) is 0 Å². The molecule has 0 aliphatic rings. The first-order valence-corrected chi connectivity index (χ1v) is 5.67. The minimum Gasteiger partial charge on any atom is -0.480 e. The monoisotopic (exact) mass is 249 g/mol. The molecular formula is C11H15N5O2. The van der Waals surface area contributed by atoms with Gasteiger partial charge in [0.2, 0.25) is 0 Å². The van der Waals surface area contributed by atoms with Crippen LogP contribution in [-0.4, -0.2) is 36.9 Å². The third-order valence-corrected chi connectivity index (χ3v) is 2.55. The summed E-state index contributed by atoms with van der Waals surface area (Å²) in [5, 5.41) is 20.2. The van der Waals surface area contributed by atoms with Crippen LogP contribution in [0.25, 0.3) is 5.65 Å². The molecule has 0 aliphatic carbocycles. The van der Waals surface area contributed by atoms with Crippen molar-refractivity contribution in [3.05, 3.63) is 18.0 Å². The fraction of sp³-hybridized carbons (Fsp3) is 0.455. The summed E-state index contributed by atoms with van der Waals surface area (Å²) in [7, 11) is 0. The first-order chi connectivity index (χ1) is 8.47. The van der Waals surface area contributed by atoms with E-state index in [0.717, 1.165) is 0 Å². The number of carbonyl (C=O) groups is 1. The van der Waals surface area contributed by atoms with Gasteiger partial charge in [0.1, 0.15) is 17.7 Å². The predicted molar refractivity (Wildman–Crippen MR) is 65.4 cm³/mol. The summed E-state index contributed by atoms with van der Waals surface area (Å²) in [6.07, 6.45) is 0. The van der Waals surface area contributed by atoms with Crippen molar-refractivity contribution in [1.29, 1.82) is 0 Å². The van der Waals surface area contributed by atoms with E-state index in [1.165, 1.54) is 4.63 Å². The van der Waals surface area contributed by atoms with Gasteiger partial charge in [-0.1, -0.05) is 13.8 Å². The van der Waals surface area contributed by atoms with E-state index in [0.29, 0.717) is 17.3 Å². The van der Waals surface area contributed by atoms with Crippen LogP contribution < -0.4 is 5.32 Å². The quantitative estimate of drug-likeness (QED) is 0.838. The molecule has 0 fully saturated rings. The van der Waals surface area contributed by atoms with Crippen molar-refractivity contribution in [2.75, 3.05) is 5.32 Å². The van der Waals surface area contributed by atoms with Crippen LogP contribution in [0.3, 0.4) is 0 Å². The molecule has 7 heteroatoms. The molecule has 0 aromatic carbocycles. The van der Waals surface area contributed by atoms with Gasteiger partial charge in [0.25, 0.3) is 0 Å². The zero-order chi connectivity index (χ0) is 13.3. The Bertz CT molecular complexity index is 578. The minimum absolute atomic E-state index is 0.0440. The molecule has 0 saturated carbocycles. The Labute approximate surface area is 104 Å². The molecule has 2 aromatic heterocycles. The van der Waals surface area contributed by atoms with Crippen LogP contribution in [-0.2, 0) is 4.79 Å². The summed E-state index contributed by atoms with van der Waals surface area (Å²) in [4.78, 5) is 15.2. The van der Waals surface area contributed by atoms with Crippen molar-refractivity contribution >= 4 is 17.4 Å². The Hall–Kier alpha value is -2.18. The molecule has 96 valence electrons. The maximum atomic E-state index is 11.1. The number of hydrogen-bond donors (Lipinski definition) is 2. The van der Waals surface area contributed by atoms with Gasteiger partial charge in [0, 0.05) is 0 Å². The average Bonchev–Trinajstić information content (AvgIpc) is 2.64. The summed E-state index contributed by atoms with van der Waals surface area (Å²) in [6.45, 7) is 5.45. The molecular weight excluding hydrogens is 234 g/mol. The van der Waals surface area contributed by atoms with E-state index in [-0.39, 0.29) is 5.92 Å². The zero-order valence-corrected chi connectivity index (χ0v) is 10.5. The standard InChI is InChI=1S/C11H15N5O2/c1-6(2)10(11(17)18)13-8-4-5-9-12-7(3)14-16(9)15-8/h4-6,10H,1-3H3,(H,13,15)(H,17,18)/t10-/m0/s1. The highest BCUT2D eigenvalue weighted by atomic mass is 16.4. The molecule has 0 bridgehead atoms. The Balaban J connectivity index is 2.27. The van der Waals surface area contributed by atoms with Crippen molar-refractivity contribution in [3.8, 4) is 0 Å². The second-order valence-electron chi connectivity index (χ2n) is 4.43. The minimum atomic E-state index is -0.901. The van der Waals surface area contributed by atoms with Crippen molar-refractivity contribution in [2.45, 2.75) is 26.8 Å². The fourth-order valence-corrected chi connectivity index (χ4v) is 1.64. The molecule has 2 heterocycles. The number of anilines is 1. The van der Waals surface area contributed by atoms with E-state index in [2.05, 4.69) is 20.5 Å². The second kappa shape index (κ2) is 4.59. The molecule has 0 saturated heterocycles. The lowest BCUT2D eigenvalue weighted by Gasteiger charge is -2.17. The fourth-order valence-electron chi connectivity index (χ4n) is 1.64. The van der Waals surface area contributed by atoms with Crippen LogP contribution in [0.2, 0.25) is 0 Å². The number of carboxylic acids is 1. The van der Waals surface area contributed by atoms with Crippen molar-refractivity contribution in [2.24, 2.45) is 5.92 Å². The first kappa shape index (κ1) is 12.3. The van der Waals surface area contributed by atoms with E-state index in [4.69, 9.17) is 5.11 Å². The molecule has 0 radical (unpaired) electrons. The number of aryl methyl sites for hydroxylation is 1. The second-order valence-corrected chi connectivity index (χ2v) is 4.43. The molecule has 0 aliphatic heterocycles. The Morgan fingerprint density at radius 2 is 2.11 bits per heavy atom. The first-order valence-electron chi connectivity index (χ1n) is 5.67. The number of nitrogens with one attached hydrogen (secondary N) is 1. The number of nitrogens with zero attached hydrogens (tertiary/aromatic N) is 4. The van der Waals surface area contributed by atoms with Crippen LogP contribution in [0.15, 0.2) is 12.1 Å². The molecule has 2 N–H and O–H groups in total. The van der Waals surface area contributed by atoms with E-state index in [1.807, 2.05) is 13.8 Å². The number of carboxylic acid groups (broad SMARTS) is 1. The summed E-state index contributed by atoms with van der Waals surface area (Å²) < 4.78 is 1.39. The molecule has 2 rings (SSSR count). The Kier molecular flexibility index (Phi) is 3.14. The zero-order valence-electron chi connectivity index (χ0n) is 10.5. The Morgan fingerprint density at radius 1 is 1.39 bits per heavy atom. The number of fused-ring (bicyclic) bond motifs is 1. The summed E-state index contributed by atoms with van der Waals surface area (Å²) >= 11 is 0. The molecule has 0 spiro atoms. The third-order valence-electron chi connectivity index (χ3n) is 2.55. The number of hydrogen-bond acceptors (Lipinski definition) is 5. The number of rotatable bonds is 4. The normalized spacial score (nSPS) is 12.9. The third kappa shape index (κ3) is 2.39. The van der Waals surface area contributed by atoms with E-state index in [1.54, 1.807) is 19.1 Å². The van der Waals surface area contributed by atoms with Gasteiger partial charge >= 0.3 is 5.97 Å². The highest BCUT2D eigenvalue weighted by Crippen LogP contribution is 2.11. The number of aromatic nitrogens is 4. The van der Waals surface area contributed by atoms with Gasteiger partial charge in [-0.2, -0.15) is 0 Å². The Morgan fingerprint density at radius 3 is 2.72 bits per heavy atom. The summed E-state index contributed by atoms with van der Waals surface area (Å²) in [5.41, 5.74) is 0.634. The summed E-state index contributed by atoms with van der Waals surface area (Å²) in [6, 6.07) is 2.76. The van der Waals surface area contributed by atoms with Crippen LogP contribution >= 0.6 is 0 Å². The van der Waals surface area contributed by atoms with Gasteiger partial charge < -0.3 is 10.4 Å². The lowest BCUT2D eigenvalue weighted by atomic mass is 10.1. The molecule has 1 atom stereocenters. The van der Waals surface area contributed by atoms with Gasteiger partial charge in [-0.05, 0) is 25.0 Å². The molecule has 0 amide bonds. The molecule has 2 aromatic rings. The topological polar surface area (TPSA) is 92.4 Å². The molecule has 0 unspecified atom stereocenters. The van der Waals surface area contributed by atoms with Crippen LogP contribution in [0, 0.1) is 12.8 Å². The number of aliphatic carboxylic acids is 1. The van der Waals surface area contributed by atoms with E-state index >= 15 is 0 Å². The summed E-state index contributed by atoms with van der Waals surface area (Å²) in [5.74, 6) is 0.144. The molecule has 18 heavy (non-hydrogen) atoms. The maximum absolute atomic E-state index is 11.1. The van der Waals surface area contributed by atoms with Crippen LogP contribution in [0.4, 0.5) is 5.82 Å². The lowest BCUT2D eigenvalue weighted by molar-refractivity contribution is -0.138. The maximum Gasteiger partial charge on any atom is 0.326 e. The van der Waals surface area contributed by atoms with Gasteiger partial charge in [0.05, 0.1) is 0 Å². The van der Waals surface area contributed by atoms with Gasteiger partial charge in [0.15, 0.2) is 5.65 Å². The van der Waals surface area contributed by atoms with E-state index < -0.39 is 12.0 Å². The van der Waals surface area contributed by atoms with Gasteiger partial charge in [-0.25, -0.2) is 9.78 Å². The van der Waals surface area contributed by atoms with Crippen LogP contribution in [0.1, 0.15) is 19.7 Å². The van der Waals surface area contributed by atoms with Gasteiger partial charge in [-0.3, -0.25) is 0 Å². The highest BCUT2D eigenvalue weighted by Gasteiger charge is 2.21. The molecule has 7 nitrogen and oxygen atoms in total. The lowest BCUT2D eigenvalue weighted by Crippen LogP contribution is -2.34. The average molecular weight is 249 g/mol. The van der Waals surface area contributed by atoms with Crippen LogP contribution in [0.5, 0.6) is 0 Å².